The molecule has 0 aliphatic heterocycles. The van der Waals surface area contributed by atoms with E-state index in [-0.39, 0.29) is 11.7 Å². The molecule has 2 nitrogen and oxygen atoms in total. The summed E-state index contributed by atoms with van der Waals surface area (Å²) in [6.45, 7) is 3.72. The third kappa shape index (κ3) is 1.55. The van der Waals surface area contributed by atoms with Gasteiger partial charge in [0.05, 0.1) is 7.11 Å². The Balaban J connectivity index is 3.22. The van der Waals surface area contributed by atoms with Gasteiger partial charge in [0.2, 0.25) is 0 Å². The lowest BCUT2D eigenvalue weighted by atomic mass is 10.2. The zero-order chi connectivity index (χ0) is 9.14. The molecule has 0 aliphatic carbocycles. The predicted octanol–water partition coefficient (Wildman–Crippen LogP) is 2.10. The summed E-state index contributed by atoms with van der Waals surface area (Å²) in [5.41, 5.74) is 1.43. The number of nitrogens with zero attached hydrogens (tertiary/aromatic N) is 1. The fraction of sp³-hybridized carbons (Fsp3) is 0.444. The summed E-state index contributed by atoms with van der Waals surface area (Å²) in [6.07, 6.45) is 0.658. The van der Waals surface area contributed by atoms with E-state index in [9.17, 15) is 4.39 Å². The highest BCUT2D eigenvalue weighted by Crippen LogP contribution is 2.18. The molecule has 0 aliphatic rings. The monoisotopic (exact) mass is 169 g/mol. The summed E-state index contributed by atoms with van der Waals surface area (Å²) in [4.78, 5) is 3.90. The Bertz CT molecular complexity index is 261. The number of aryl methyl sites for hydroxylation is 2. The van der Waals surface area contributed by atoms with Crippen molar-refractivity contribution < 1.29 is 9.13 Å². The highest BCUT2D eigenvalue weighted by Gasteiger charge is 2.09. The minimum atomic E-state index is -0.342. The Labute approximate surface area is 71.4 Å². The Morgan fingerprint density at radius 3 is 2.75 bits per heavy atom. The predicted molar refractivity (Wildman–Crippen MR) is 44.9 cm³/mol. The van der Waals surface area contributed by atoms with E-state index in [0.29, 0.717) is 12.0 Å². The Kier molecular flexibility index (Phi) is 2.63. The van der Waals surface area contributed by atoms with Gasteiger partial charge in [0.25, 0.3) is 5.88 Å². The van der Waals surface area contributed by atoms with Crippen molar-refractivity contribution in [1.82, 2.24) is 4.98 Å². The third-order valence-corrected chi connectivity index (χ3v) is 1.70. The van der Waals surface area contributed by atoms with Crippen LogP contribution in [0.1, 0.15) is 18.2 Å². The first-order chi connectivity index (χ1) is 5.69. The van der Waals surface area contributed by atoms with Gasteiger partial charge in [-0.15, -0.1) is 0 Å². The molecule has 66 valence electrons. The summed E-state index contributed by atoms with van der Waals surface area (Å²) in [5, 5.41) is 0. The normalized spacial score (nSPS) is 10.0. The maximum atomic E-state index is 13.3. The molecule has 0 N–H and O–H groups in total. The summed E-state index contributed by atoms with van der Waals surface area (Å²) in [7, 11) is 1.42. The molecule has 3 heteroatoms. The van der Waals surface area contributed by atoms with Crippen LogP contribution in [-0.2, 0) is 6.42 Å². The SMILES string of the molecule is CCc1cc(C)nc(OC)c1F. The van der Waals surface area contributed by atoms with Crippen LogP contribution in [-0.4, -0.2) is 12.1 Å². The second-order valence-corrected chi connectivity index (χ2v) is 2.60. The van der Waals surface area contributed by atoms with Crippen molar-refractivity contribution >= 4 is 0 Å². The average Bonchev–Trinajstić information content (AvgIpc) is 2.08. The van der Waals surface area contributed by atoms with Crippen LogP contribution in [0.25, 0.3) is 0 Å². The van der Waals surface area contributed by atoms with E-state index >= 15 is 0 Å². The van der Waals surface area contributed by atoms with Crippen LogP contribution in [0, 0.1) is 12.7 Å². The summed E-state index contributed by atoms with van der Waals surface area (Å²) < 4.78 is 18.0. The van der Waals surface area contributed by atoms with Crippen LogP contribution in [0.3, 0.4) is 0 Å². The van der Waals surface area contributed by atoms with Crippen molar-refractivity contribution in [2.75, 3.05) is 7.11 Å². The van der Waals surface area contributed by atoms with Crippen LogP contribution in [0.2, 0.25) is 0 Å². The second-order valence-electron chi connectivity index (χ2n) is 2.60. The number of hydrogen-bond acceptors (Lipinski definition) is 2. The van der Waals surface area contributed by atoms with Crippen molar-refractivity contribution in [1.29, 1.82) is 0 Å². The van der Waals surface area contributed by atoms with Gasteiger partial charge in [-0.1, -0.05) is 6.92 Å². The maximum Gasteiger partial charge on any atom is 0.250 e. The van der Waals surface area contributed by atoms with E-state index in [1.54, 1.807) is 6.07 Å². The zero-order valence-electron chi connectivity index (χ0n) is 7.52. The second kappa shape index (κ2) is 3.52. The lowest BCUT2D eigenvalue weighted by Gasteiger charge is -2.05. The van der Waals surface area contributed by atoms with Gasteiger partial charge in [0.15, 0.2) is 5.82 Å². The Hall–Kier alpha value is -1.12. The molecule has 0 aromatic carbocycles. The molecule has 0 saturated carbocycles. The van der Waals surface area contributed by atoms with Crippen LogP contribution >= 0.6 is 0 Å². The van der Waals surface area contributed by atoms with Crippen LogP contribution in [0.5, 0.6) is 5.88 Å². The lowest BCUT2D eigenvalue weighted by molar-refractivity contribution is 0.366. The molecule has 0 amide bonds. The molecule has 1 rings (SSSR count). The molecule has 0 radical (unpaired) electrons. The molecule has 0 fully saturated rings. The van der Waals surface area contributed by atoms with Gasteiger partial charge in [0, 0.05) is 5.69 Å². The van der Waals surface area contributed by atoms with E-state index in [0.717, 1.165) is 5.69 Å². The van der Waals surface area contributed by atoms with E-state index in [4.69, 9.17) is 4.74 Å². The summed E-state index contributed by atoms with van der Waals surface area (Å²) in [5.74, 6) is -0.252. The molecular formula is C9H12FNO. The van der Waals surface area contributed by atoms with Gasteiger partial charge in [0.1, 0.15) is 0 Å². The standard InChI is InChI=1S/C9H12FNO/c1-4-7-5-6(2)11-9(12-3)8(7)10/h5H,4H2,1-3H3. The van der Waals surface area contributed by atoms with Crippen LogP contribution in [0.4, 0.5) is 4.39 Å². The fourth-order valence-electron chi connectivity index (χ4n) is 1.09. The molecule has 1 aromatic heterocycles. The Morgan fingerprint density at radius 1 is 1.58 bits per heavy atom. The van der Waals surface area contributed by atoms with Gasteiger partial charge in [-0.25, -0.2) is 9.37 Å². The van der Waals surface area contributed by atoms with Gasteiger partial charge in [-0.3, -0.25) is 0 Å². The smallest absolute Gasteiger partial charge is 0.250 e. The van der Waals surface area contributed by atoms with Crippen molar-refractivity contribution in [2.45, 2.75) is 20.3 Å². The highest BCUT2D eigenvalue weighted by molar-refractivity contribution is 5.27. The quantitative estimate of drug-likeness (QED) is 0.676. The number of ether oxygens (including phenoxy) is 1. The molecule has 12 heavy (non-hydrogen) atoms. The molecule has 0 unspecified atom stereocenters. The van der Waals surface area contributed by atoms with Gasteiger partial charge >= 0.3 is 0 Å². The van der Waals surface area contributed by atoms with Gasteiger partial charge in [-0.2, -0.15) is 0 Å². The number of aromatic nitrogens is 1. The molecule has 0 bridgehead atoms. The lowest BCUT2D eigenvalue weighted by Crippen LogP contribution is -1.98. The van der Waals surface area contributed by atoms with E-state index in [1.165, 1.54) is 7.11 Å². The molecule has 0 spiro atoms. The van der Waals surface area contributed by atoms with Gasteiger partial charge in [-0.05, 0) is 25.0 Å². The average molecular weight is 169 g/mol. The molecule has 1 aromatic rings. The molecule has 1 heterocycles. The number of methoxy groups -OCH3 is 1. The first-order valence-corrected chi connectivity index (χ1v) is 3.89. The number of halogens is 1. The van der Waals surface area contributed by atoms with E-state index in [1.807, 2.05) is 13.8 Å². The first kappa shape index (κ1) is 8.97. The molecule has 0 atom stereocenters. The minimum absolute atomic E-state index is 0.0897. The van der Waals surface area contributed by atoms with Crippen LogP contribution < -0.4 is 4.74 Å². The van der Waals surface area contributed by atoms with Crippen LogP contribution in [0.15, 0.2) is 6.07 Å². The Morgan fingerprint density at radius 2 is 2.25 bits per heavy atom. The maximum absolute atomic E-state index is 13.3. The van der Waals surface area contributed by atoms with Gasteiger partial charge < -0.3 is 4.74 Å². The third-order valence-electron chi connectivity index (χ3n) is 1.70. The number of hydrogen-bond donors (Lipinski definition) is 0. The summed E-state index contributed by atoms with van der Waals surface area (Å²) >= 11 is 0. The van der Waals surface area contributed by atoms with Crippen molar-refractivity contribution in [3.63, 3.8) is 0 Å². The fourth-order valence-corrected chi connectivity index (χ4v) is 1.09. The largest absolute Gasteiger partial charge is 0.479 e. The van der Waals surface area contributed by atoms with Crippen molar-refractivity contribution in [3.05, 3.63) is 23.1 Å². The first-order valence-electron chi connectivity index (χ1n) is 3.89. The number of rotatable bonds is 2. The topological polar surface area (TPSA) is 22.1 Å². The zero-order valence-corrected chi connectivity index (χ0v) is 7.52. The van der Waals surface area contributed by atoms with Crippen molar-refractivity contribution in [2.24, 2.45) is 0 Å². The number of pyridine rings is 1. The summed E-state index contributed by atoms with van der Waals surface area (Å²) in [6, 6.07) is 1.73. The molecule has 0 saturated heterocycles. The van der Waals surface area contributed by atoms with Crippen molar-refractivity contribution in [3.8, 4) is 5.88 Å². The molecular weight excluding hydrogens is 157 g/mol. The van der Waals surface area contributed by atoms with E-state index < -0.39 is 0 Å². The van der Waals surface area contributed by atoms with E-state index in [2.05, 4.69) is 4.98 Å². The minimum Gasteiger partial charge on any atom is -0.479 e. The highest BCUT2D eigenvalue weighted by atomic mass is 19.1.